The maximum Gasteiger partial charge on any atom is 0.153 e. The average Bonchev–Trinajstić information content (AvgIpc) is 2.39. The van der Waals surface area contributed by atoms with Gasteiger partial charge in [-0.05, 0) is 24.8 Å². The molecule has 1 aromatic heterocycles. The number of nitriles is 1. The van der Waals surface area contributed by atoms with E-state index in [0.717, 1.165) is 24.8 Å². The van der Waals surface area contributed by atoms with Crippen LogP contribution in [0.25, 0.3) is 0 Å². The molecule has 2 N–H and O–H groups in total. The van der Waals surface area contributed by atoms with Crippen LogP contribution in [0, 0.1) is 17.2 Å². The van der Waals surface area contributed by atoms with E-state index in [2.05, 4.69) is 22.9 Å². The normalized spacial score (nSPS) is 16.8. The smallest absolute Gasteiger partial charge is 0.153 e. The van der Waals surface area contributed by atoms with Gasteiger partial charge < -0.3 is 10.6 Å². The van der Waals surface area contributed by atoms with E-state index >= 15 is 0 Å². The van der Waals surface area contributed by atoms with Crippen molar-refractivity contribution in [3.63, 3.8) is 0 Å². The zero-order valence-corrected chi connectivity index (χ0v) is 10.2. The standard InChI is InChI=1S/C13H18N4/c1-2-10-4-7-17(8-5-10)13-12(15)11(9-14)3-6-16-13/h3,6,10H,2,4-5,7-8,15H2,1H3. The predicted octanol–water partition coefficient (Wildman–Crippen LogP) is 2.16. The number of nitrogen functional groups attached to an aromatic ring is 1. The van der Waals surface area contributed by atoms with Gasteiger partial charge in [-0.3, -0.25) is 0 Å². The minimum atomic E-state index is 0.518. The summed E-state index contributed by atoms with van der Waals surface area (Å²) in [6, 6.07) is 3.77. The Bertz CT molecular complexity index is 428. The zero-order chi connectivity index (χ0) is 12.3. The van der Waals surface area contributed by atoms with Crippen molar-refractivity contribution < 1.29 is 0 Å². The quantitative estimate of drug-likeness (QED) is 0.845. The molecule has 0 atom stereocenters. The molecule has 1 fully saturated rings. The van der Waals surface area contributed by atoms with Crippen molar-refractivity contribution in [3.05, 3.63) is 17.8 Å². The Labute approximate surface area is 102 Å². The Morgan fingerprint density at radius 1 is 1.53 bits per heavy atom. The second-order valence-electron chi connectivity index (χ2n) is 4.55. The third-order valence-corrected chi connectivity index (χ3v) is 3.58. The van der Waals surface area contributed by atoms with Crippen LogP contribution in [0.3, 0.4) is 0 Å². The maximum atomic E-state index is 8.95. The molecule has 1 saturated heterocycles. The molecule has 0 saturated carbocycles. The maximum absolute atomic E-state index is 8.95. The van der Waals surface area contributed by atoms with E-state index in [0.29, 0.717) is 11.3 Å². The van der Waals surface area contributed by atoms with Crippen molar-refractivity contribution in [2.45, 2.75) is 26.2 Å². The molecule has 0 unspecified atom stereocenters. The van der Waals surface area contributed by atoms with Gasteiger partial charge in [-0.15, -0.1) is 0 Å². The fraction of sp³-hybridized carbons (Fsp3) is 0.538. The number of piperidine rings is 1. The SMILES string of the molecule is CCC1CCN(c2nccc(C#N)c2N)CC1. The minimum absolute atomic E-state index is 0.518. The average molecular weight is 230 g/mol. The van der Waals surface area contributed by atoms with Gasteiger partial charge in [-0.25, -0.2) is 4.98 Å². The van der Waals surface area contributed by atoms with Gasteiger partial charge in [-0.2, -0.15) is 5.26 Å². The van der Waals surface area contributed by atoms with Crippen LogP contribution in [-0.2, 0) is 0 Å². The summed E-state index contributed by atoms with van der Waals surface area (Å²) in [5.74, 6) is 1.60. The first kappa shape index (κ1) is 11.7. The topological polar surface area (TPSA) is 65.9 Å². The van der Waals surface area contributed by atoms with Crippen molar-refractivity contribution in [1.82, 2.24) is 4.98 Å². The summed E-state index contributed by atoms with van der Waals surface area (Å²) in [6.07, 6.45) is 5.29. The highest BCUT2D eigenvalue weighted by Crippen LogP contribution is 2.28. The summed E-state index contributed by atoms with van der Waals surface area (Å²) in [5, 5.41) is 8.95. The summed E-state index contributed by atoms with van der Waals surface area (Å²) in [5.41, 5.74) is 7.00. The van der Waals surface area contributed by atoms with Crippen LogP contribution >= 0.6 is 0 Å². The number of hydrogen-bond acceptors (Lipinski definition) is 4. The van der Waals surface area contributed by atoms with E-state index in [1.54, 1.807) is 12.3 Å². The molecule has 0 aliphatic carbocycles. The van der Waals surface area contributed by atoms with Crippen molar-refractivity contribution in [2.75, 3.05) is 23.7 Å². The molecule has 0 amide bonds. The van der Waals surface area contributed by atoms with Crippen LogP contribution in [0.2, 0.25) is 0 Å². The third-order valence-electron chi connectivity index (χ3n) is 3.58. The highest BCUT2D eigenvalue weighted by molar-refractivity contribution is 5.70. The summed E-state index contributed by atoms with van der Waals surface area (Å²) < 4.78 is 0. The minimum Gasteiger partial charge on any atom is -0.395 e. The number of nitrogens with zero attached hydrogens (tertiary/aromatic N) is 3. The molecule has 1 aliphatic rings. The summed E-state index contributed by atoms with van der Waals surface area (Å²) in [6.45, 7) is 4.22. The van der Waals surface area contributed by atoms with Crippen molar-refractivity contribution in [1.29, 1.82) is 5.26 Å². The van der Waals surface area contributed by atoms with Crippen LogP contribution in [0.15, 0.2) is 12.3 Å². The zero-order valence-electron chi connectivity index (χ0n) is 10.2. The molecule has 0 spiro atoms. The van der Waals surface area contributed by atoms with Crippen molar-refractivity contribution in [3.8, 4) is 6.07 Å². The number of aromatic nitrogens is 1. The second kappa shape index (κ2) is 5.05. The lowest BCUT2D eigenvalue weighted by atomic mass is 9.94. The highest BCUT2D eigenvalue weighted by atomic mass is 15.2. The van der Waals surface area contributed by atoms with Gasteiger partial charge in [0, 0.05) is 19.3 Å². The van der Waals surface area contributed by atoms with Gasteiger partial charge in [0.25, 0.3) is 0 Å². The molecule has 4 nitrogen and oxygen atoms in total. The summed E-state index contributed by atoms with van der Waals surface area (Å²) >= 11 is 0. The Morgan fingerprint density at radius 3 is 2.82 bits per heavy atom. The number of nitrogens with two attached hydrogens (primary N) is 1. The van der Waals surface area contributed by atoms with E-state index in [-0.39, 0.29) is 0 Å². The van der Waals surface area contributed by atoms with Crippen molar-refractivity contribution >= 4 is 11.5 Å². The first-order valence-corrected chi connectivity index (χ1v) is 6.15. The first-order chi connectivity index (χ1) is 8.26. The Kier molecular flexibility index (Phi) is 3.48. The van der Waals surface area contributed by atoms with Crippen LogP contribution in [0.4, 0.5) is 11.5 Å². The molecule has 2 heterocycles. The molecule has 4 heteroatoms. The molecular formula is C13H18N4. The molecule has 0 aromatic carbocycles. The number of rotatable bonds is 2. The lowest BCUT2D eigenvalue weighted by molar-refractivity contribution is 0.394. The molecule has 17 heavy (non-hydrogen) atoms. The van der Waals surface area contributed by atoms with Gasteiger partial charge >= 0.3 is 0 Å². The van der Waals surface area contributed by atoms with E-state index in [1.807, 2.05) is 0 Å². The van der Waals surface area contributed by atoms with Crippen LogP contribution < -0.4 is 10.6 Å². The lowest BCUT2D eigenvalue weighted by Crippen LogP contribution is -2.34. The first-order valence-electron chi connectivity index (χ1n) is 6.15. The lowest BCUT2D eigenvalue weighted by Gasteiger charge is -2.33. The Hall–Kier alpha value is -1.76. The third kappa shape index (κ3) is 2.33. The van der Waals surface area contributed by atoms with Crippen LogP contribution in [0.5, 0.6) is 0 Å². The van der Waals surface area contributed by atoms with E-state index in [9.17, 15) is 0 Å². The largest absolute Gasteiger partial charge is 0.395 e. The molecule has 0 bridgehead atoms. The predicted molar refractivity (Wildman–Crippen MR) is 68.6 cm³/mol. The highest BCUT2D eigenvalue weighted by Gasteiger charge is 2.21. The number of hydrogen-bond donors (Lipinski definition) is 1. The van der Waals surface area contributed by atoms with Gasteiger partial charge in [0.05, 0.1) is 11.3 Å². The van der Waals surface area contributed by atoms with Crippen molar-refractivity contribution in [2.24, 2.45) is 5.92 Å². The fourth-order valence-electron chi connectivity index (χ4n) is 2.36. The molecule has 2 rings (SSSR count). The van der Waals surface area contributed by atoms with Crippen LogP contribution in [-0.4, -0.2) is 18.1 Å². The fourth-order valence-corrected chi connectivity index (χ4v) is 2.36. The summed E-state index contributed by atoms with van der Waals surface area (Å²) in [4.78, 5) is 6.51. The van der Waals surface area contributed by atoms with Gasteiger partial charge in [0.15, 0.2) is 5.82 Å². The van der Waals surface area contributed by atoms with E-state index < -0.39 is 0 Å². The van der Waals surface area contributed by atoms with E-state index in [4.69, 9.17) is 11.0 Å². The van der Waals surface area contributed by atoms with Crippen LogP contribution in [0.1, 0.15) is 31.7 Å². The monoisotopic (exact) mass is 230 g/mol. The molecular weight excluding hydrogens is 212 g/mol. The molecule has 0 radical (unpaired) electrons. The van der Waals surface area contributed by atoms with E-state index in [1.165, 1.54) is 19.3 Å². The number of pyridine rings is 1. The second-order valence-corrected chi connectivity index (χ2v) is 4.55. The molecule has 1 aliphatic heterocycles. The van der Waals surface area contributed by atoms with Gasteiger partial charge in [-0.1, -0.05) is 13.3 Å². The molecule has 1 aromatic rings. The number of anilines is 2. The molecule has 90 valence electrons. The summed E-state index contributed by atoms with van der Waals surface area (Å²) in [7, 11) is 0. The Morgan fingerprint density at radius 2 is 2.24 bits per heavy atom. The van der Waals surface area contributed by atoms with Gasteiger partial charge in [0.2, 0.25) is 0 Å². The Balaban J connectivity index is 2.16. The van der Waals surface area contributed by atoms with Gasteiger partial charge in [0.1, 0.15) is 6.07 Å².